The van der Waals surface area contributed by atoms with E-state index in [9.17, 15) is 15.0 Å². The van der Waals surface area contributed by atoms with Crippen LogP contribution in [0.4, 0.5) is 0 Å². The van der Waals surface area contributed by atoms with Crippen molar-refractivity contribution in [3.05, 3.63) is 11.6 Å². The van der Waals surface area contributed by atoms with Crippen molar-refractivity contribution in [1.29, 1.82) is 0 Å². The summed E-state index contributed by atoms with van der Waals surface area (Å²) in [7, 11) is 1.23. The first-order valence-corrected chi connectivity index (χ1v) is 13.1. The van der Waals surface area contributed by atoms with Gasteiger partial charge in [0.2, 0.25) is 0 Å². The summed E-state index contributed by atoms with van der Waals surface area (Å²) in [4.78, 5) is 12.1. The maximum Gasteiger partial charge on any atom is 0.155 e. The molecule has 0 aromatic heterocycles. The minimum absolute atomic E-state index is 0.0464. The molecular formula is C23H36O3S2. The Kier molecular flexibility index (Phi) is 6.03. The highest BCUT2D eigenvalue weighted by molar-refractivity contribution is 8.68. The summed E-state index contributed by atoms with van der Waals surface area (Å²) in [5, 5.41) is 20.8. The predicted molar refractivity (Wildman–Crippen MR) is 118 cm³/mol. The smallest absolute Gasteiger partial charge is 0.155 e. The van der Waals surface area contributed by atoms with Crippen LogP contribution in [0.2, 0.25) is 0 Å². The van der Waals surface area contributed by atoms with Gasteiger partial charge in [0, 0.05) is 6.42 Å². The van der Waals surface area contributed by atoms with Gasteiger partial charge in [-0.05, 0) is 98.4 Å². The van der Waals surface area contributed by atoms with E-state index in [0.29, 0.717) is 35.9 Å². The topological polar surface area (TPSA) is 57.5 Å². The summed E-state index contributed by atoms with van der Waals surface area (Å²) >= 11 is 4.14. The van der Waals surface area contributed by atoms with Gasteiger partial charge in [0.05, 0.1) is 6.10 Å². The number of hydrogen-bond donors (Lipinski definition) is 3. The van der Waals surface area contributed by atoms with Crippen LogP contribution in [0.25, 0.3) is 0 Å². The van der Waals surface area contributed by atoms with Gasteiger partial charge < -0.3 is 10.2 Å². The normalized spacial score (nSPS) is 46.4. The Balaban J connectivity index is 1.64. The van der Waals surface area contributed by atoms with Crippen molar-refractivity contribution in [1.82, 2.24) is 0 Å². The molecule has 0 heterocycles. The van der Waals surface area contributed by atoms with Crippen molar-refractivity contribution in [2.24, 2.45) is 34.5 Å². The molecule has 8 unspecified atom stereocenters. The second-order valence-corrected chi connectivity index (χ2v) is 11.8. The number of aliphatic hydroxyl groups is 2. The van der Waals surface area contributed by atoms with E-state index < -0.39 is 5.44 Å². The second-order valence-electron chi connectivity index (χ2n) is 10.4. The summed E-state index contributed by atoms with van der Waals surface area (Å²) in [6.07, 6.45) is 11.8. The van der Waals surface area contributed by atoms with Gasteiger partial charge >= 0.3 is 0 Å². The Morgan fingerprint density at radius 2 is 2.07 bits per heavy atom. The molecule has 4 aliphatic rings. The highest BCUT2D eigenvalue weighted by Gasteiger charge is 2.61. The van der Waals surface area contributed by atoms with Crippen molar-refractivity contribution < 1.29 is 15.0 Å². The molecule has 3 saturated carbocycles. The molecule has 0 aromatic carbocycles. The molecule has 8 atom stereocenters. The van der Waals surface area contributed by atoms with E-state index in [1.165, 1.54) is 22.8 Å². The Labute approximate surface area is 178 Å². The molecule has 0 radical (unpaired) electrons. The first-order valence-electron chi connectivity index (χ1n) is 11.2. The van der Waals surface area contributed by atoms with Gasteiger partial charge in [-0.2, -0.15) is 0 Å². The number of fused-ring (bicyclic) bond motifs is 5. The molecule has 158 valence electrons. The lowest BCUT2D eigenvalue weighted by atomic mass is 9.44. The number of allylic oxidation sites excluding steroid dienone is 1. The lowest BCUT2D eigenvalue weighted by Crippen LogP contribution is -2.55. The molecule has 4 aliphatic carbocycles. The van der Waals surface area contributed by atoms with Crippen molar-refractivity contribution in [3.63, 3.8) is 0 Å². The maximum atomic E-state index is 12.1. The Hall–Kier alpha value is 0.0300. The molecule has 3 fully saturated rings. The number of hydrogen-bond acceptors (Lipinski definition) is 5. The summed E-state index contributed by atoms with van der Waals surface area (Å²) in [5.74, 6) is 2.79. The van der Waals surface area contributed by atoms with E-state index in [-0.39, 0.29) is 16.9 Å². The number of ketones is 1. The van der Waals surface area contributed by atoms with Crippen LogP contribution in [0.3, 0.4) is 0 Å². The molecule has 28 heavy (non-hydrogen) atoms. The molecule has 0 aromatic rings. The largest absolute Gasteiger partial charge is 0.393 e. The minimum Gasteiger partial charge on any atom is -0.393 e. The highest BCUT2D eigenvalue weighted by Crippen LogP contribution is 2.67. The number of carbonyl (C=O) groups is 1. The molecule has 0 amide bonds. The standard InChI is InChI=1S/C23H36O3S2/c1-22-11-10-16(24)12-15(22)6-7-17-18-8-9-19(25)23(18,2)13-14(21(17)22)4-3-5-20(26)28-27/h12,14,17-21,25-27H,3-11,13H2,1-2H3. The van der Waals surface area contributed by atoms with Gasteiger partial charge in [0.1, 0.15) is 5.44 Å². The zero-order valence-corrected chi connectivity index (χ0v) is 19.0. The molecule has 0 saturated heterocycles. The van der Waals surface area contributed by atoms with Gasteiger partial charge in [-0.15, -0.1) is 11.7 Å². The summed E-state index contributed by atoms with van der Waals surface area (Å²) in [6, 6.07) is 0. The third kappa shape index (κ3) is 3.42. The third-order valence-corrected chi connectivity index (χ3v) is 10.3. The fraction of sp³-hybridized carbons (Fsp3) is 0.870. The molecule has 0 aliphatic heterocycles. The van der Waals surface area contributed by atoms with Crippen molar-refractivity contribution in [2.45, 2.75) is 89.6 Å². The zero-order chi connectivity index (χ0) is 20.1. The van der Waals surface area contributed by atoms with Crippen LogP contribution in [0, 0.1) is 34.5 Å². The fourth-order valence-corrected chi connectivity index (χ4v) is 8.41. The Morgan fingerprint density at radius 1 is 1.29 bits per heavy atom. The molecule has 0 bridgehead atoms. The zero-order valence-electron chi connectivity index (χ0n) is 17.3. The summed E-state index contributed by atoms with van der Waals surface area (Å²) in [6.45, 7) is 4.77. The van der Waals surface area contributed by atoms with Crippen LogP contribution in [0.15, 0.2) is 11.6 Å². The molecular weight excluding hydrogens is 388 g/mol. The van der Waals surface area contributed by atoms with Crippen molar-refractivity contribution >= 4 is 28.2 Å². The lowest BCUT2D eigenvalue weighted by Gasteiger charge is -2.61. The number of carbonyl (C=O) groups excluding carboxylic acids is 1. The highest BCUT2D eigenvalue weighted by atomic mass is 33.1. The van der Waals surface area contributed by atoms with Gasteiger partial charge in [-0.1, -0.05) is 30.2 Å². The Bertz CT molecular complexity index is 650. The van der Waals surface area contributed by atoms with E-state index in [0.717, 1.165) is 51.4 Å². The average Bonchev–Trinajstić information content (AvgIpc) is 2.96. The van der Waals surface area contributed by atoms with Crippen LogP contribution >= 0.6 is 22.5 Å². The van der Waals surface area contributed by atoms with Gasteiger partial charge in [0.25, 0.3) is 0 Å². The number of aliphatic hydroxyl groups excluding tert-OH is 2. The molecule has 0 spiro atoms. The molecule has 2 N–H and O–H groups in total. The van der Waals surface area contributed by atoms with Gasteiger partial charge in [0.15, 0.2) is 5.78 Å². The van der Waals surface area contributed by atoms with E-state index in [1.54, 1.807) is 0 Å². The summed E-state index contributed by atoms with van der Waals surface area (Å²) in [5.41, 5.74) is 1.20. The van der Waals surface area contributed by atoms with Gasteiger partial charge in [-0.25, -0.2) is 0 Å². The predicted octanol–water partition coefficient (Wildman–Crippen LogP) is 5.17. The fourth-order valence-electron chi connectivity index (χ4n) is 7.82. The van der Waals surface area contributed by atoms with Gasteiger partial charge in [-0.3, -0.25) is 4.79 Å². The number of thiol groups is 1. The van der Waals surface area contributed by atoms with E-state index >= 15 is 0 Å². The molecule has 3 nitrogen and oxygen atoms in total. The van der Waals surface area contributed by atoms with E-state index in [2.05, 4.69) is 25.5 Å². The average molecular weight is 425 g/mol. The van der Waals surface area contributed by atoms with E-state index in [1.807, 2.05) is 6.08 Å². The first kappa shape index (κ1) is 21.3. The number of rotatable bonds is 5. The maximum absolute atomic E-state index is 12.1. The van der Waals surface area contributed by atoms with Crippen LogP contribution in [-0.2, 0) is 4.79 Å². The monoisotopic (exact) mass is 424 g/mol. The molecule has 5 heteroatoms. The SMILES string of the molecule is CC12CCC(=O)C=C1CCC1C2C(CCCC(O)SS)CC2(C)C(O)CCC12. The van der Waals surface area contributed by atoms with Crippen LogP contribution < -0.4 is 0 Å². The summed E-state index contributed by atoms with van der Waals surface area (Å²) < 4.78 is 0. The molecule has 4 rings (SSSR count). The van der Waals surface area contributed by atoms with Crippen molar-refractivity contribution in [3.8, 4) is 0 Å². The second kappa shape index (κ2) is 7.94. The third-order valence-electron chi connectivity index (χ3n) is 9.14. The van der Waals surface area contributed by atoms with Crippen LogP contribution in [0.1, 0.15) is 78.1 Å². The first-order chi connectivity index (χ1) is 13.3. The Morgan fingerprint density at radius 3 is 2.82 bits per heavy atom. The van der Waals surface area contributed by atoms with Crippen LogP contribution in [0.5, 0.6) is 0 Å². The van der Waals surface area contributed by atoms with Crippen molar-refractivity contribution in [2.75, 3.05) is 0 Å². The lowest BCUT2D eigenvalue weighted by molar-refractivity contribution is -0.123. The van der Waals surface area contributed by atoms with Crippen LogP contribution in [-0.4, -0.2) is 27.5 Å². The quantitative estimate of drug-likeness (QED) is 0.324. The minimum atomic E-state index is -0.396. The van der Waals surface area contributed by atoms with E-state index in [4.69, 9.17) is 0 Å².